The zero-order chi connectivity index (χ0) is 13.8. The molecule has 0 aliphatic heterocycles. The van der Waals surface area contributed by atoms with Gasteiger partial charge in [-0.3, -0.25) is 4.68 Å². The van der Waals surface area contributed by atoms with Crippen LogP contribution in [0.4, 0.5) is 0 Å². The first-order valence-corrected chi connectivity index (χ1v) is 8.31. The first-order chi connectivity index (χ1) is 9.81. The van der Waals surface area contributed by atoms with E-state index in [2.05, 4.69) is 44.5 Å². The van der Waals surface area contributed by atoms with Crippen LogP contribution < -0.4 is 5.32 Å². The second-order valence-electron chi connectivity index (χ2n) is 4.67. The monoisotopic (exact) mass is 304 g/mol. The summed E-state index contributed by atoms with van der Waals surface area (Å²) in [5.74, 6) is 0. The Kier molecular flexibility index (Phi) is 4.25. The summed E-state index contributed by atoms with van der Waals surface area (Å²) in [5, 5.41) is 15.1. The van der Waals surface area contributed by atoms with Crippen LogP contribution in [0.1, 0.15) is 12.6 Å². The summed E-state index contributed by atoms with van der Waals surface area (Å²) in [7, 11) is 0. The van der Waals surface area contributed by atoms with Crippen molar-refractivity contribution in [2.75, 3.05) is 0 Å². The van der Waals surface area contributed by atoms with Crippen LogP contribution in [0, 0.1) is 0 Å². The van der Waals surface area contributed by atoms with Crippen LogP contribution in [0.15, 0.2) is 40.7 Å². The number of thiazole rings is 1. The molecule has 0 saturated carbocycles. The summed E-state index contributed by atoms with van der Waals surface area (Å²) < 4.78 is 1.94. The van der Waals surface area contributed by atoms with E-state index in [9.17, 15) is 0 Å². The van der Waals surface area contributed by atoms with Gasteiger partial charge < -0.3 is 5.32 Å². The first kappa shape index (κ1) is 13.5. The largest absolute Gasteiger partial charge is 0.307 e. The highest BCUT2D eigenvalue weighted by Crippen LogP contribution is 2.25. The standard InChI is InChI=1S/C14H16N4S2/c1-11(8-18-5-2-4-16-18)15-7-13-10-20-14(17-13)12-3-6-19-9-12/h2-6,9-11,15H,7-8H2,1H3/t11-/m1/s1. The molecule has 0 aromatic carbocycles. The number of hydrogen-bond donors (Lipinski definition) is 1. The Bertz CT molecular complexity index is 628. The van der Waals surface area contributed by atoms with Crippen LogP contribution >= 0.6 is 22.7 Å². The molecule has 0 fully saturated rings. The van der Waals surface area contributed by atoms with Gasteiger partial charge in [0.1, 0.15) is 5.01 Å². The van der Waals surface area contributed by atoms with Gasteiger partial charge in [-0.25, -0.2) is 4.98 Å². The molecule has 104 valence electrons. The molecule has 0 unspecified atom stereocenters. The van der Waals surface area contributed by atoms with E-state index in [0.29, 0.717) is 6.04 Å². The predicted molar refractivity (Wildman–Crippen MR) is 84.0 cm³/mol. The maximum absolute atomic E-state index is 4.66. The van der Waals surface area contributed by atoms with Crippen LogP contribution in [-0.4, -0.2) is 20.8 Å². The highest BCUT2D eigenvalue weighted by atomic mass is 32.1. The maximum Gasteiger partial charge on any atom is 0.124 e. The zero-order valence-corrected chi connectivity index (χ0v) is 12.8. The summed E-state index contributed by atoms with van der Waals surface area (Å²) in [6.07, 6.45) is 3.79. The molecule has 1 N–H and O–H groups in total. The van der Waals surface area contributed by atoms with Crippen molar-refractivity contribution in [1.29, 1.82) is 0 Å². The molecule has 20 heavy (non-hydrogen) atoms. The Morgan fingerprint density at radius 1 is 1.40 bits per heavy atom. The van der Waals surface area contributed by atoms with Gasteiger partial charge in [-0.05, 0) is 24.4 Å². The third kappa shape index (κ3) is 3.33. The molecule has 0 aliphatic carbocycles. The molecule has 0 aliphatic rings. The molecular weight excluding hydrogens is 288 g/mol. The van der Waals surface area contributed by atoms with E-state index in [0.717, 1.165) is 23.8 Å². The van der Waals surface area contributed by atoms with Crippen LogP contribution in [0.25, 0.3) is 10.6 Å². The van der Waals surface area contributed by atoms with Crippen LogP contribution in [0.5, 0.6) is 0 Å². The van der Waals surface area contributed by atoms with Crippen molar-refractivity contribution in [3.8, 4) is 10.6 Å². The molecule has 3 heterocycles. The van der Waals surface area contributed by atoms with E-state index in [1.165, 1.54) is 5.56 Å². The lowest BCUT2D eigenvalue weighted by atomic mass is 10.3. The lowest BCUT2D eigenvalue weighted by Crippen LogP contribution is -2.30. The minimum atomic E-state index is 0.362. The van der Waals surface area contributed by atoms with Gasteiger partial charge in [-0.2, -0.15) is 16.4 Å². The van der Waals surface area contributed by atoms with Crippen molar-refractivity contribution >= 4 is 22.7 Å². The Hall–Kier alpha value is -1.50. The minimum absolute atomic E-state index is 0.362. The molecule has 3 aromatic rings. The van der Waals surface area contributed by atoms with Crippen molar-refractivity contribution in [3.63, 3.8) is 0 Å². The fraction of sp³-hybridized carbons (Fsp3) is 0.286. The summed E-state index contributed by atoms with van der Waals surface area (Å²) in [6, 6.07) is 4.42. The van der Waals surface area contributed by atoms with E-state index < -0.39 is 0 Å². The number of hydrogen-bond acceptors (Lipinski definition) is 5. The number of thiophene rings is 1. The van der Waals surface area contributed by atoms with Crippen molar-refractivity contribution in [2.24, 2.45) is 0 Å². The van der Waals surface area contributed by atoms with Gasteiger partial charge in [0.2, 0.25) is 0 Å². The first-order valence-electron chi connectivity index (χ1n) is 6.49. The predicted octanol–water partition coefficient (Wildman–Crippen LogP) is 3.25. The average molecular weight is 304 g/mol. The molecule has 0 bridgehead atoms. The molecule has 1 atom stereocenters. The van der Waals surface area contributed by atoms with Gasteiger partial charge in [-0.15, -0.1) is 11.3 Å². The summed E-state index contributed by atoms with van der Waals surface area (Å²) in [4.78, 5) is 4.66. The number of nitrogens with one attached hydrogen (secondary N) is 1. The third-order valence-corrected chi connectivity index (χ3v) is 4.60. The fourth-order valence-corrected chi connectivity index (χ4v) is 3.47. The Balaban J connectivity index is 1.53. The molecule has 0 radical (unpaired) electrons. The van der Waals surface area contributed by atoms with Crippen LogP contribution in [0.3, 0.4) is 0 Å². The molecule has 6 heteroatoms. The van der Waals surface area contributed by atoms with Crippen molar-refractivity contribution < 1.29 is 0 Å². The molecule has 0 spiro atoms. The average Bonchev–Trinajstić information content (AvgIpc) is 3.18. The molecule has 0 saturated heterocycles. The van der Waals surface area contributed by atoms with E-state index in [1.807, 2.05) is 16.9 Å². The normalized spacial score (nSPS) is 12.7. The SMILES string of the molecule is C[C@H](Cn1cccn1)NCc1csc(-c2ccsc2)n1. The lowest BCUT2D eigenvalue weighted by molar-refractivity contribution is 0.449. The van der Waals surface area contributed by atoms with E-state index >= 15 is 0 Å². The quantitative estimate of drug-likeness (QED) is 0.760. The van der Waals surface area contributed by atoms with Crippen LogP contribution in [-0.2, 0) is 13.1 Å². The Morgan fingerprint density at radius 3 is 3.10 bits per heavy atom. The maximum atomic E-state index is 4.66. The molecule has 3 aromatic heterocycles. The van der Waals surface area contributed by atoms with Gasteiger partial charge in [-0.1, -0.05) is 0 Å². The van der Waals surface area contributed by atoms with Crippen LogP contribution in [0.2, 0.25) is 0 Å². The van der Waals surface area contributed by atoms with Crippen molar-refractivity contribution in [1.82, 2.24) is 20.1 Å². The van der Waals surface area contributed by atoms with E-state index in [4.69, 9.17) is 0 Å². The highest BCUT2D eigenvalue weighted by molar-refractivity contribution is 7.14. The fourth-order valence-electron chi connectivity index (χ4n) is 1.94. The molecular formula is C14H16N4S2. The minimum Gasteiger partial charge on any atom is -0.307 e. The second kappa shape index (κ2) is 6.30. The second-order valence-corrected chi connectivity index (χ2v) is 6.30. The Morgan fingerprint density at radius 2 is 2.35 bits per heavy atom. The van der Waals surface area contributed by atoms with Gasteiger partial charge in [0.05, 0.1) is 12.2 Å². The van der Waals surface area contributed by atoms with Gasteiger partial charge in [0.25, 0.3) is 0 Å². The molecule has 3 rings (SSSR count). The third-order valence-electron chi connectivity index (χ3n) is 2.97. The zero-order valence-electron chi connectivity index (χ0n) is 11.2. The highest BCUT2D eigenvalue weighted by Gasteiger charge is 2.07. The van der Waals surface area contributed by atoms with Gasteiger partial charge >= 0.3 is 0 Å². The summed E-state index contributed by atoms with van der Waals surface area (Å²) in [5.41, 5.74) is 2.32. The number of rotatable bonds is 6. The Labute approximate surface area is 126 Å². The van der Waals surface area contributed by atoms with Crippen molar-refractivity contribution in [3.05, 3.63) is 46.4 Å². The van der Waals surface area contributed by atoms with E-state index in [1.54, 1.807) is 28.9 Å². The van der Waals surface area contributed by atoms with E-state index in [-0.39, 0.29) is 0 Å². The summed E-state index contributed by atoms with van der Waals surface area (Å²) in [6.45, 7) is 3.82. The topological polar surface area (TPSA) is 42.7 Å². The van der Waals surface area contributed by atoms with Gasteiger partial charge in [0, 0.05) is 41.3 Å². The smallest absolute Gasteiger partial charge is 0.124 e. The lowest BCUT2D eigenvalue weighted by Gasteiger charge is -2.12. The number of aromatic nitrogens is 3. The molecule has 4 nitrogen and oxygen atoms in total. The van der Waals surface area contributed by atoms with Crippen molar-refractivity contribution in [2.45, 2.75) is 26.1 Å². The number of nitrogens with zero attached hydrogens (tertiary/aromatic N) is 3. The molecule has 0 amide bonds. The van der Waals surface area contributed by atoms with Gasteiger partial charge in [0.15, 0.2) is 0 Å². The summed E-state index contributed by atoms with van der Waals surface area (Å²) >= 11 is 3.41.